The molecule has 6 N–H and O–H groups in total. The third-order valence-electron chi connectivity index (χ3n) is 11.7. The molecule has 3 atom stereocenters. The topological polar surface area (TPSA) is 171 Å². The van der Waals surface area contributed by atoms with Crippen molar-refractivity contribution < 1.29 is 14.4 Å². The lowest BCUT2D eigenvalue weighted by Gasteiger charge is -2.44. The van der Waals surface area contributed by atoms with Gasteiger partial charge in [0.15, 0.2) is 5.82 Å². The summed E-state index contributed by atoms with van der Waals surface area (Å²) in [5.41, 5.74) is 11.9. The summed E-state index contributed by atoms with van der Waals surface area (Å²) in [7, 11) is 4.26. The molecular weight excluding hydrogens is 679 g/mol. The van der Waals surface area contributed by atoms with Crippen LogP contribution in [0.15, 0.2) is 66.7 Å². The Morgan fingerprint density at radius 3 is 2.24 bits per heavy atom. The van der Waals surface area contributed by atoms with Crippen molar-refractivity contribution in [3.8, 4) is 22.5 Å². The minimum atomic E-state index is -0.781. The van der Waals surface area contributed by atoms with E-state index in [9.17, 15) is 14.4 Å². The Bertz CT molecular complexity index is 1880. The first-order chi connectivity index (χ1) is 25.9. The standard InChI is InChI=1S/C42H55N9O3/c1-26-22-32(40(53)46-37-21-19-34(51(4)5)24-42(37,2)3)16-20-35(26)29-10-6-27(7-11-29)23-36(45-39(52)31-12-8-28(25-43)9-13-31)41(54)44-33-17-14-30(15-18-33)38-47-49-50-48-38/h6-7,10-11,14-18,20,22,28,31,34,36-37H,8-9,12-13,19,21,23-25,43H2,1-5H3,(H,44,54)(H,45,52)(H,46,53)(H,47,48,49,50)/t28-,31-,34?,36-,37?/m0/s1. The van der Waals surface area contributed by atoms with Crippen LogP contribution in [0.25, 0.3) is 22.5 Å². The van der Waals surface area contributed by atoms with Gasteiger partial charge in [0.2, 0.25) is 11.8 Å². The van der Waals surface area contributed by atoms with Gasteiger partial charge in [0.1, 0.15) is 6.04 Å². The molecule has 0 radical (unpaired) electrons. The number of rotatable bonds is 12. The summed E-state index contributed by atoms with van der Waals surface area (Å²) >= 11 is 0. The quantitative estimate of drug-likeness (QED) is 0.127. The average Bonchev–Trinajstić information content (AvgIpc) is 3.71. The Balaban J connectivity index is 1.12. The number of H-pyrrole nitrogens is 1. The molecule has 12 nitrogen and oxygen atoms in total. The SMILES string of the molecule is Cc1cc(C(=O)NC2CCC(N(C)C)CC2(C)C)ccc1-c1ccc(C[C@H](NC(=O)[C@H]2CC[C@H](CN)CC2)C(=O)Nc2ccc(-c3nnn[nH]3)cc2)cc1. The predicted octanol–water partition coefficient (Wildman–Crippen LogP) is 5.51. The number of benzene rings is 3. The third kappa shape index (κ3) is 9.40. The number of nitrogens with zero attached hydrogens (tertiary/aromatic N) is 4. The molecule has 1 heterocycles. The first-order valence-corrected chi connectivity index (χ1v) is 19.2. The van der Waals surface area contributed by atoms with Crippen LogP contribution in [0.2, 0.25) is 0 Å². The lowest BCUT2D eigenvalue weighted by atomic mass is 9.71. The van der Waals surface area contributed by atoms with Crippen LogP contribution < -0.4 is 21.7 Å². The summed E-state index contributed by atoms with van der Waals surface area (Å²) in [5, 5.41) is 23.3. The van der Waals surface area contributed by atoms with Crippen molar-refractivity contribution in [3.05, 3.63) is 83.4 Å². The highest BCUT2D eigenvalue weighted by molar-refractivity contribution is 5.98. The maximum Gasteiger partial charge on any atom is 0.251 e. The van der Waals surface area contributed by atoms with Crippen molar-refractivity contribution in [1.82, 2.24) is 36.2 Å². The number of aryl methyl sites for hydroxylation is 1. The Labute approximate surface area is 318 Å². The molecule has 0 bridgehead atoms. The van der Waals surface area contributed by atoms with E-state index in [-0.39, 0.29) is 35.1 Å². The van der Waals surface area contributed by atoms with Crippen LogP contribution in [-0.2, 0) is 16.0 Å². The maximum absolute atomic E-state index is 13.8. The van der Waals surface area contributed by atoms with E-state index in [0.29, 0.717) is 42.0 Å². The third-order valence-corrected chi connectivity index (χ3v) is 11.7. The van der Waals surface area contributed by atoms with Crippen LogP contribution >= 0.6 is 0 Å². The summed E-state index contributed by atoms with van der Waals surface area (Å²) in [5.74, 6) is 0.404. The number of hydrogen-bond acceptors (Lipinski definition) is 8. The van der Waals surface area contributed by atoms with Gasteiger partial charge in [-0.25, -0.2) is 5.10 Å². The molecule has 2 unspecified atom stereocenters. The zero-order chi connectivity index (χ0) is 38.4. The molecule has 2 fully saturated rings. The van der Waals surface area contributed by atoms with Crippen LogP contribution in [0, 0.1) is 24.2 Å². The van der Waals surface area contributed by atoms with E-state index < -0.39 is 6.04 Å². The second-order valence-corrected chi connectivity index (χ2v) is 16.2. The van der Waals surface area contributed by atoms with Gasteiger partial charge in [0, 0.05) is 41.2 Å². The van der Waals surface area contributed by atoms with E-state index in [1.54, 1.807) is 12.1 Å². The smallest absolute Gasteiger partial charge is 0.251 e. The molecule has 2 aliphatic rings. The van der Waals surface area contributed by atoms with Gasteiger partial charge in [-0.15, -0.1) is 5.10 Å². The molecule has 12 heteroatoms. The lowest BCUT2D eigenvalue weighted by Crippen LogP contribution is -2.51. The largest absolute Gasteiger partial charge is 0.349 e. The molecule has 0 saturated heterocycles. The van der Waals surface area contributed by atoms with Crippen molar-refractivity contribution in [2.24, 2.45) is 23.0 Å². The minimum Gasteiger partial charge on any atom is -0.349 e. The summed E-state index contributed by atoms with van der Waals surface area (Å²) < 4.78 is 0. The van der Waals surface area contributed by atoms with E-state index in [1.807, 2.05) is 61.5 Å². The normalized spacial score (nSPS) is 21.6. The van der Waals surface area contributed by atoms with Crippen molar-refractivity contribution in [2.75, 3.05) is 26.0 Å². The van der Waals surface area contributed by atoms with Crippen molar-refractivity contribution in [3.63, 3.8) is 0 Å². The van der Waals surface area contributed by atoms with Gasteiger partial charge >= 0.3 is 0 Å². The highest BCUT2D eigenvalue weighted by atomic mass is 16.2. The van der Waals surface area contributed by atoms with Crippen LogP contribution in [0.4, 0.5) is 5.69 Å². The highest BCUT2D eigenvalue weighted by Crippen LogP contribution is 2.37. The molecule has 4 aromatic rings. The molecule has 3 aromatic carbocycles. The number of carbonyl (C=O) groups is 3. The Hall–Kier alpha value is -4.94. The zero-order valence-corrected chi connectivity index (χ0v) is 32.2. The summed E-state index contributed by atoms with van der Waals surface area (Å²) in [6.45, 7) is 7.16. The zero-order valence-electron chi connectivity index (χ0n) is 32.2. The number of nitrogens with one attached hydrogen (secondary N) is 4. The molecule has 0 spiro atoms. The molecule has 54 heavy (non-hydrogen) atoms. The molecule has 0 aliphatic heterocycles. The van der Waals surface area contributed by atoms with E-state index in [2.05, 4.69) is 69.4 Å². The Morgan fingerprint density at radius 1 is 0.926 bits per heavy atom. The van der Waals surface area contributed by atoms with Crippen LogP contribution in [-0.4, -0.2) is 82.0 Å². The fraction of sp³-hybridized carbons (Fsp3) is 0.476. The second-order valence-electron chi connectivity index (χ2n) is 16.2. The van der Waals surface area contributed by atoms with E-state index >= 15 is 0 Å². The van der Waals surface area contributed by atoms with Crippen LogP contribution in [0.3, 0.4) is 0 Å². The number of carbonyl (C=O) groups excluding carboxylic acids is 3. The summed E-state index contributed by atoms with van der Waals surface area (Å²) in [6.07, 6.45) is 6.77. The molecule has 6 rings (SSSR count). The van der Waals surface area contributed by atoms with E-state index in [0.717, 1.165) is 72.8 Å². The number of nitrogens with two attached hydrogens (primary N) is 1. The van der Waals surface area contributed by atoms with E-state index in [4.69, 9.17) is 5.73 Å². The van der Waals surface area contributed by atoms with Crippen molar-refractivity contribution >= 4 is 23.4 Å². The first kappa shape index (κ1) is 38.8. The Kier molecular flexibility index (Phi) is 12.2. The van der Waals surface area contributed by atoms with Gasteiger partial charge in [0.05, 0.1) is 0 Å². The van der Waals surface area contributed by atoms with Gasteiger partial charge in [-0.2, -0.15) is 0 Å². The van der Waals surface area contributed by atoms with Crippen LogP contribution in [0.5, 0.6) is 0 Å². The minimum absolute atomic E-state index is 0.00851. The van der Waals surface area contributed by atoms with Crippen molar-refractivity contribution in [2.45, 2.75) is 90.3 Å². The second kappa shape index (κ2) is 17.0. The van der Waals surface area contributed by atoms with Gasteiger partial charge in [-0.1, -0.05) is 44.2 Å². The average molecular weight is 734 g/mol. The molecule has 2 aliphatic carbocycles. The molecule has 286 valence electrons. The van der Waals surface area contributed by atoms with Gasteiger partial charge in [-0.3, -0.25) is 14.4 Å². The molecule has 1 aromatic heterocycles. The molecule has 2 saturated carbocycles. The number of anilines is 1. The number of hydrogen-bond donors (Lipinski definition) is 5. The first-order valence-electron chi connectivity index (χ1n) is 19.2. The lowest BCUT2D eigenvalue weighted by molar-refractivity contribution is -0.130. The number of tetrazole rings is 1. The van der Waals surface area contributed by atoms with Gasteiger partial charge in [-0.05, 0) is 153 Å². The predicted molar refractivity (Wildman–Crippen MR) is 211 cm³/mol. The molecular formula is C42H55N9O3. The fourth-order valence-electron chi connectivity index (χ4n) is 8.12. The summed E-state index contributed by atoms with van der Waals surface area (Å²) in [6, 6.07) is 21.0. The monoisotopic (exact) mass is 733 g/mol. The number of aromatic amines is 1. The van der Waals surface area contributed by atoms with Gasteiger partial charge < -0.3 is 26.6 Å². The van der Waals surface area contributed by atoms with Gasteiger partial charge in [0.25, 0.3) is 5.91 Å². The van der Waals surface area contributed by atoms with Crippen molar-refractivity contribution in [1.29, 1.82) is 0 Å². The maximum atomic E-state index is 13.8. The van der Waals surface area contributed by atoms with E-state index in [1.165, 1.54) is 0 Å². The Morgan fingerprint density at radius 2 is 1.63 bits per heavy atom. The fourth-order valence-corrected chi connectivity index (χ4v) is 8.12. The molecule has 3 amide bonds. The number of aromatic nitrogens is 4. The van der Waals surface area contributed by atoms with Crippen LogP contribution in [0.1, 0.15) is 80.3 Å². The number of amides is 3. The highest BCUT2D eigenvalue weighted by Gasteiger charge is 2.38. The summed E-state index contributed by atoms with van der Waals surface area (Å²) in [4.78, 5) is 42.9.